The van der Waals surface area contributed by atoms with E-state index in [4.69, 9.17) is 9.47 Å². The molecule has 0 amide bonds. The molecule has 0 saturated carbocycles. The van der Waals surface area contributed by atoms with Crippen molar-refractivity contribution in [3.63, 3.8) is 0 Å². The number of aliphatic hydroxyl groups is 1. The largest absolute Gasteiger partial charge is 0.465 e. The van der Waals surface area contributed by atoms with Crippen LogP contribution in [0.1, 0.15) is 252 Å². The monoisotopic (exact) mass is 737 g/mol. The molecule has 0 spiro atoms. The Bertz CT molecular complexity index is 683. The Labute approximate surface area is 325 Å². The second-order valence-corrected chi connectivity index (χ2v) is 16.5. The number of hydrogen-bond donors (Lipinski definition) is 1. The third kappa shape index (κ3) is 35.9. The Kier molecular flexibility index (Phi) is 40.2. The van der Waals surface area contributed by atoms with Gasteiger partial charge in [-0.3, -0.25) is 9.59 Å². The van der Waals surface area contributed by atoms with Crippen LogP contribution in [0.5, 0.6) is 0 Å². The molecule has 5 nitrogen and oxygen atoms in total. The number of hydrogen-bond acceptors (Lipinski definition) is 5. The number of ether oxygens (including phenoxy) is 2. The number of carbonyl (C=O) groups excluding carboxylic acids is 2. The van der Waals surface area contributed by atoms with Crippen LogP contribution < -0.4 is 0 Å². The highest BCUT2D eigenvalue weighted by molar-refractivity contribution is 5.69. The second-order valence-electron chi connectivity index (χ2n) is 16.5. The molecule has 0 aliphatic rings. The summed E-state index contributed by atoms with van der Waals surface area (Å²) in [6.45, 7) is 10.6. The van der Waals surface area contributed by atoms with Crippen molar-refractivity contribution in [2.75, 3.05) is 19.8 Å². The third-order valence-electron chi connectivity index (χ3n) is 11.3. The lowest BCUT2D eigenvalue weighted by Gasteiger charge is -2.17. The van der Waals surface area contributed by atoms with E-state index in [0.29, 0.717) is 44.5 Å². The predicted octanol–water partition coefficient (Wildman–Crippen LogP) is 14.6. The zero-order chi connectivity index (χ0) is 38.2. The maximum Gasteiger partial charge on any atom is 0.305 e. The molecule has 1 N–H and O–H groups in total. The van der Waals surface area contributed by atoms with E-state index in [-0.39, 0.29) is 11.9 Å². The fraction of sp³-hybridized carbons (Fsp3) is 0.957. The first-order chi connectivity index (χ1) is 25.5. The summed E-state index contributed by atoms with van der Waals surface area (Å²) in [5.74, 6) is 1.90. The van der Waals surface area contributed by atoms with Gasteiger partial charge in [-0.25, -0.2) is 0 Å². The Morgan fingerprint density at radius 2 is 0.654 bits per heavy atom. The molecule has 0 radical (unpaired) electrons. The van der Waals surface area contributed by atoms with Crippen LogP contribution in [0.25, 0.3) is 0 Å². The van der Waals surface area contributed by atoms with Gasteiger partial charge in [0.25, 0.3) is 0 Å². The van der Waals surface area contributed by atoms with Crippen LogP contribution in [0.2, 0.25) is 0 Å². The van der Waals surface area contributed by atoms with Gasteiger partial charge in [-0.2, -0.15) is 0 Å². The van der Waals surface area contributed by atoms with E-state index in [1.807, 2.05) is 0 Å². The molecular formula is C47H92O5. The van der Waals surface area contributed by atoms with E-state index in [1.54, 1.807) is 0 Å². The van der Waals surface area contributed by atoms with Gasteiger partial charge in [-0.1, -0.05) is 195 Å². The Morgan fingerprint density at radius 1 is 0.365 bits per heavy atom. The third-order valence-corrected chi connectivity index (χ3v) is 11.3. The summed E-state index contributed by atoms with van der Waals surface area (Å²) >= 11 is 0. The number of carbonyl (C=O) groups is 2. The van der Waals surface area contributed by atoms with Gasteiger partial charge < -0.3 is 14.6 Å². The van der Waals surface area contributed by atoms with Crippen molar-refractivity contribution < 1.29 is 24.2 Å². The quantitative estimate of drug-likeness (QED) is 0.0499. The molecule has 0 heterocycles. The van der Waals surface area contributed by atoms with Crippen LogP contribution >= 0.6 is 0 Å². The Hall–Kier alpha value is -1.10. The SMILES string of the molecule is CCCCCCC(CCCC)COC(=O)CCCCCCCCC(CCCCO)CCCCCCCCC(=O)OCC(CCCC)CCCCCC. The molecule has 0 saturated heterocycles. The highest BCUT2D eigenvalue weighted by Gasteiger charge is 2.14. The second kappa shape index (κ2) is 41.1. The van der Waals surface area contributed by atoms with Crippen molar-refractivity contribution in [2.24, 2.45) is 17.8 Å². The van der Waals surface area contributed by atoms with Gasteiger partial charge in [0.15, 0.2) is 0 Å². The molecule has 0 bridgehead atoms. The molecule has 2 atom stereocenters. The van der Waals surface area contributed by atoms with E-state index in [9.17, 15) is 14.7 Å². The lowest BCUT2D eigenvalue weighted by molar-refractivity contribution is -0.146. The smallest absolute Gasteiger partial charge is 0.305 e. The van der Waals surface area contributed by atoms with Gasteiger partial charge in [0.1, 0.15) is 0 Å². The maximum atomic E-state index is 12.4. The lowest BCUT2D eigenvalue weighted by atomic mass is 9.90. The molecule has 310 valence electrons. The first-order valence-electron chi connectivity index (χ1n) is 23.4. The Morgan fingerprint density at radius 3 is 1.02 bits per heavy atom. The number of unbranched alkanes of at least 4 members (excludes halogenated alkanes) is 19. The first-order valence-corrected chi connectivity index (χ1v) is 23.4. The number of esters is 2. The van der Waals surface area contributed by atoms with Crippen molar-refractivity contribution in [1.82, 2.24) is 0 Å². The zero-order valence-electron chi connectivity index (χ0n) is 35.7. The van der Waals surface area contributed by atoms with E-state index in [2.05, 4.69) is 27.7 Å². The number of rotatable bonds is 42. The molecule has 0 aromatic rings. The summed E-state index contributed by atoms with van der Waals surface area (Å²) in [5.41, 5.74) is 0. The highest BCUT2D eigenvalue weighted by Crippen LogP contribution is 2.25. The van der Waals surface area contributed by atoms with Gasteiger partial charge in [-0.15, -0.1) is 0 Å². The topological polar surface area (TPSA) is 72.8 Å². The fourth-order valence-electron chi connectivity index (χ4n) is 7.69. The molecule has 5 heteroatoms. The average molecular weight is 737 g/mol. The van der Waals surface area contributed by atoms with Gasteiger partial charge in [-0.05, 0) is 62.7 Å². The minimum Gasteiger partial charge on any atom is -0.465 e. The summed E-state index contributed by atoms with van der Waals surface area (Å²) in [4.78, 5) is 24.7. The molecule has 52 heavy (non-hydrogen) atoms. The van der Waals surface area contributed by atoms with Crippen LogP contribution in [0, 0.1) is 17.8 Å². The normalized spacial score (nSPS) is 13.2. The molecule has 0 fully saturated rings. The zero-order valence-corrected chi connectivity index (χ0v) is 35.7. The average Bonchev–Trinajstić information content (AvgIpc) is 3.15. The molecule has 2 unspecified atom stereocenters. The van der Waals surface area contributed by atoms with Crippen molar-refractivity contribution in [2.45, 2.75) is 252 Å². The lowest BCUT2D eigenvalue weighted by Crippen LogP contribution is -2.14. The van der Waals surface area contributed by atoms with Crippen molar-refractivity contribution in [3.8, 4) is 0 Å². The van der Waals surface area contributed by atoms with Gasteiger partial charge in [0.2, 0.25) is 0 Å². The van der Waals surface area contributed by atoms with Crippen LogP contribution in [-0.2, 0) is 19.1 Å². The summed E-state index contributed by atoms with van der Waals surface area (Å²) < 4.78 is 11.4. The standard InChI is InChI=1S/C47H92O5/c1-5-9-13-23-36-44(31-11-7-3)41-51-46(49)38-27-21-17-15-19-25-33-43(35-29-30-40-48)34-26-20-16-18-22-28-39-47(50)52-42-45(32-12-8-4)37-24-14-10-6-2/h43-45,48H,5-42H2,1-4H3. The predicted molar refractivity (Wildman–Crippen MR) is 224 cm³/mol. The number of aliphatic hydroxyl groups excluding tert-OH is 1. The van der Waals surface area contributed by atoms with Crippen molar-refractivity contribution in [1.29, 1.82) is 0 Å². The van der Waals surface area contributed by atoms with E-state index < -0.39 is 0 Å². The Balaban J connectivity index is 4.02. The van der Waals surface area contributed by atoms with Crippen LogP contribution in [0.3, 0.4) is 0 Å². The summed E-state index contributed by atoms with van der Waals surface area (Å²) in [5, 5.41) is 9.29. The summed E-state index contributed by atoms with van der Waals surface area (Å²) in [6, 6.07) is 0. The van der Waals surface area contributed by atoms with Crippen LogP contribution in [0.4, 0.5) is 0 Å². The highest BCUT2D eigenvalue weighted by atomic mass is 16.5. The van der Waals surface area contributed by atoms with E-state index in [0.717, 1.165) is 44.4 Å². The molecule has 0 aromatic carbocycles. The van der Waals surface area contributed by atoms with Gasteiger partial charge in [0, 0.05) is 19.4 Å². The molecule has 0 rings (SSSR count). The first kappa shape index (κ1) is 50.9. The van der Waals surface area contributed by atoms with Gasteiger partial charge >= 0.3 is 11.9 Å². The molecular weight excluding hydrogens is 645 g/mol. The van der Waals surface area contributed by atoms with E-state index >= 15 is 0 Å². The fourth-order valence-corrected chi connectivity index (χ4v) is 7.69. The maximum absolute atomic E-state index is 12.4. The molecule has 0 aromatic heterocycles. The van der Waals surface area contributed by atoms with E-state index in [1.165, 1.54) is 173 Å². The molecule has 0 aliphatic carbocycles. The van der Waals surface area contributed by atoms with Crippen LogP contribution in [0.15, 0.2) is 0 Å². The minimum atomic E-state index is 0.00958. The van der Waals surface area contributed by atoms with Crippen molar-refractivity contribution in [3.05, 3.63) is 0 Å². The van der Waals surface area contributed by atoms with Gasteiger partial charge in [0.05, 0.1) is 13.2 Å². The molecule has 0 aliphatic heterocycles. The summed E-state index contributed by atoms with van der Waals surface area (Å²) in [7, 11) is 0. The van der Waals surface area contributed by atoms with Crippen LogP contribution in [-0.4, -0.2) is 36.9 Å². The summed E-state index contributed by atoms with van der Waals surface area (Å²) in [6.07, 6.45) is 41.4. The minimum absolute atomic E-state index is 0.00958. The van der Waals surface area contributed by atoms with Crippen molar-refractivity contribution >= 4 is 11.9 Å².